The Morgan fingerprint density at radius 1 is 1.50 bits per heavy atom. The number of likely N-dealkylation sites (tertiary alicyclic amines) is 1. The lowest BCUT2D eigenvalue weighted by molar-refractivity contribution is -0.128. The van der Waals surface area contributed by atoms with Gasteiger partial charge in [0.2, 0.25) is 5.91 Å². The second-order valence-electron chi connectivity index (χ2n) is 4.63. The van der Waals surface area contributed by atoms with Gasteiger partial charge in [-0.15, -0.1) is 0 Å². The summed E-state index contributed by atoms with van der Waals surface area (Å²) in [5.74, 6) is 5.27. The molecule has 0 saturated carbocycles. The van der Waals surface area contributed by atoms with E-state index in [2.05, 4.69) is 17.2 Å². The van der Waals surface area contributed by atoms with Crippen molar-refractivity contribution in [2.45, 2.75) is 12.5 Å². The second-order valence-corrected chi connectivity index (χ2v) is 4.63. The fourth-order valence-electron chi connectivity index (χ4n) is 2.13. The minimum Gasteiger partial charge on any atom is -0.344 e. The van der Waals surface area contributed by atoms with E-state index >= 15 is 0 Å². The van der Waals surface area contributed by atoms with Crippen LogP contribution in [0.15, 0.2) is 24.3 Å². The molecule has 1 aromatic carbocycles. The van der Waals surface area contributed by atoms with Gasteiger partial charge in [-0.1, -0.05) is 24.0 Å². The zero-order valence-electron chi connectivity index (χ0n) is 11.3. The van der Waals surface area contributed by atoms with Gasteiger partial charge in [0.05, 0.1) is 12.1 Å². The van der Waals surface area contributed by atoms with Crippen LogP contribution in [0.5, 0.6) is 0 Å². The molecule has 1 heterocycles. The molecule has 0 bridgehead atoms. The van der Waals surface area contributed by atoms with Gasteiger partial charge in [0.15, 0.2) is 0 Å². The Balaban J connectivity index is 2.15. The van der Waals surface area contributed by atoms with E-state index in [-0.39, 0.29) is 18.4 Å². The molecule has 2 rings (SSSR count). The maximum Gasteiger partial charge on any atom is 0.253 e. The van der Waals surface area contributed by atoms with Crippen molar-refractivity contribution < 1.29 is 9.59 Å². The first-order valence-electron chi connectivity index (χ1n) is 6.47. The van der Waals surface area contributed by atoms with Gasteiger partial charge in [0.1, 0.15) is 6.04 Å². The first kappa shape index (κ1) is 14.1. The minimum absolute atomic E-state index is 0.0520. The van der Waals surface area contributed by atoms with Crippen LogP contribution in [0.1, 0.15) is 22.3 Å². The quantitative estimate of drug-likeness (QED) is 0.741. The van der Waals surface area contributed by atoms with Gasteiger partial charge in [-0.3, -0.25) is 9.59 Å². The number of nitrogens with one attached hydrogen (secondary N) is 1. The highest BCUT2D eigenvalue weighted by Crippen LogP contribution is 2.12. The lowest BCUT2D eigenvalue weighted by Crippen LogP contribution is -2.40. The lowest BCUT2D eigenvalue weighted by atomic mass is 10.1. The molecule has 3 N–H and O–H groups in total. The molecule has 1 atom stereocenters. The van der Waals surface area contributed by atoms with E-state index in [0.717, 1.165) is 0 Å². The van der Waals surface area contributed by atoms with E-state index in [4.69, 9.17) is 5.73 Å². The molecule has 5 heteroatoms. The molecule has 1 aliphatic rings. The van der Waals surface area contributed by atoms with Crippen molar-refractivity contribution in [1.82, 2.24) is 10.2 Å². The number of benzene rings is 1. The van der Waals surface area contributed by atoms with Gasteiger partial charge in [-0.2, -0.15) is 0 Å². The normalized spacial score (nSPS) is 17.6. The molecule has 0 radical (unpaired) electrons. The van der Waals surface area contributed by atoms with Crippen molar-refractivity contribution in [3.05, 3.63) is 35.4 Å². The third kappa shape index (κ3) is 2.98. The Morgan fingerprint density at radius 3 is 2.90 bits per heavy atom. The Morgan fingerprint density at radius 2 is 2.25 bits per heavy atom. The molecule has 0 aliphatic carbocycles. The van der Waals surface area contributed by atoms with Gasteiger partial charge >= 0.3 is 0 Å². The molecular formula is C15H17N3O2. The second kappa shape index (κ2) is 6.22. The first-order chi connectivity index (χ1) is 9.63. The Hall–Kier alpha value is -2.32. The average Bonchev–Trinajstić information content (AvgIpc) is 2.77. The van der Waals surface area contributed by atoms with E-state index in [1.165, 1.54) is 0 Å². The number of nitrogens with zero attached hydrogens (tertiary/aromatic N) is 1. The number of likely N-dealkylation sites (N-methyl/N-ethyl adjacent to an activating group) is 1. The zero-order chi connectivity index (χ0) is 14.5. The molecule has 1 unspecified atom stereocenters. The predicted molar refractivity (Wildman–Crippen MR) is 75.9 cm³/mol. The largest absolute Gasteiger partial charge is 0.344 e. The molecule has 0 aromatic heterocycles. The summed E-state index contributed by atoms with van der Waals surface area (Å²) < 4.78 is 0. The summed E-state index contributed by atoms with van der Waals surface area (Å²) in [4.78, 5) is 25.7. The van der Waals surface area contributed by atoms with E-state index in [0.29, 0.717) is 24.1 Å². The topological polar surface area (TPSA) is 75.4 Å². The van der Waals surface area contributed by atoms with Gasteiger partial charge < -0.3 is 16.0 Å². The number of nitrogens with two attached hydrogens (primary N) is 1. The van der Waals surface area contributed by atoms with Crippen molar-refractivity contribution in [2.24, 2.45) is 5.73 Å². The fourth-order valence-corrected chi connectivity index (χ4v) is 2.13. The van der Waals surface area contributed by atoms with Crippen molar-refractivity contribution >= 4 is 11.8 Å². The number of hydrogen-bond acceptors (Lipinski definition) is 3. The summed E-state index contributed by atoms with van der Waals surface area (Å²) >= 11 is 0. The lowest BCUT2D eigenvalue weighted by Gasteiger charge is -2.13. The summed E-state index contributed by atoms with van der Waals surface area (Å²) in [5.41, 5.74) is 6.43. The summed E-state index contributed by atoms with van der Waals surface area (Å²) in [5, 5.41) is 2.76. The van der Waals surface area contributed by atoms with Gasteiger partial charge in [0, 0.05) is 19.2 Å². The first-order valence-corrected chi connectivity index (χ1v) is 6.47. The summed E-state index contributed by atoms with van der Waals surface area (Å²) in [6, 6.07) is 6.60. The minimum atomic E-state index is -0.442. The van der Waals surface area contributed by atoms with E-state index in [9.17, 15) is 9.59 Å². The Kier molecular flexibility index (Phi) is 4.38. The van der Waals surface area contributed by atoms with E-state index in [1.807, 2.05) is 6.07 Å². The number of carbonyl (C=O) groups is 2. The zero-order valence-corrected chi connectivity index (χ0v) is 11.3. The van der Waals surface area contributed by atoms with Crippen LogP contribution in [0.4, 0.5) is 0 Å². The monoisotopic (exact) mass is 271 g/mol. The molecule has 20 heavy (non-hydrogen) atoms. The summed E-state index contributed by atoms with van der Waals surface area (Å²) in [6.07, 6.45) is 0.637. The van der Waals surface area contributed by atoms with Crippen LogP contribution in [0.3, 0.4) is 0 Å². The Bertz CT molecular complexity index is 586. The molecule has 104 valence electrons. The molecular weight excluding hydrogens is 254 g/mol. The predicted octanol–water partition coefficient (Wildman–Crippen LogP) is -0.0427. The van der Waals surface area contributed by atoms with Crippen LogP contribution < -0.4 is 11.1 Å². The van der Waals surface area contributed by atoms with Crippen molar-refractivity contribution in [3.8, 4) is 11.8 Å². The van der Waals surface area contributed by atoms with Gasteiger partial charge in [0.25, 0.3) is 5.91 Å². The molecule has 1 fully saturated rings. The van der Waals surface area contributed by atoms with Crippen LogP contribution in [-0.2, 0) is 4.79 Å². The maximum absolute atomic E-state index is 12.3. The maximum atomic E-state index is 12.3. The molecule has 5 nitrogen and oxygen atoms in total. The molecule has 1 aliphatic heterocycles. The van der Waals surface area contributed by atoms with E-state index < -0.39 is 6.04 Å². The van der Waals surface area contributed by atoms with Crippen LogP contribution in [0.2, 0.25) is 0 Å². The summed E-state index contributed by atoms with van der Waals surface area (Å²) in [6.45, 7) is 0.903. The van der Waals surface area contributed by atoms with E-state index in [1.54, 1.807) is 30.1 Å². The Labute approximate surface area is 118 Å². The summed E-state index contributed by atoms with van der Waals surface area (Å²) in [7, 11) is 1.73. The van der Waals surface area contributed by atoms with Crippen LogP contribution >= 0.6 is 0 Å². The fraction of sp³-hybridized carbons (Fsp3) is 0.333. The van der Waals surface area contributed by atoms with Gasteiger partial charge in [-0.25, -0.2) is 0 Å². The van der Waals surface area contributed by atoms with Crippen molar-refractivity contribution in [3.63, 3.8) is 0 Å². The number of amides is 2. The number of hydrogen-bond donors (Lipinski definition) is 2. The standard InChI is InChI=1S/C15H17N3O2/c1-18-10-8-13(15(18)20)17-14(19)12-7-3-2-5-11(12)6-4-9-16/h2-3,5,7,13H,8-10,16H2,1H3,(H,17,19). The molecule has 1 saturated heterocycles. The van der Waals surface area contributed by atoms with Crippen molar-refractivity contribution in [2.75, 3.05) is 20.1 Å². The van der Waals surface area contributed by atoms with Crippen molar-refractivity contribution in [1.29, 1.82) is 0 Å². The third-order valence-electron chi connectivity index (χ3n) is 3.23. The molecule has 0 spiro atoms. The highest BCUT2D eigenvalue weighted by molar-refractivity contribution is 5.99. The average molecular weight is 271 g/mol. The van der Waals surface area contributed by atoms with Crippen LogP contribution in [0.25, 0.3) is 0 Å². The number of carbonyl (C=O) groups excluding carboxylic acids is 2. The van der Waals surface area contributed by atoms with Gasteiger partial charge in [-0.05, 0) is 18.6 Å². The smallest absolute Gasteiger partial charge is 0.253 e. The SMILES string of the molecule is CN1CCC(NC(=O)c2ccccc2C#CCN)C1=O. The highest BCUT2D eigenvalue weighted by atomic mass is 16.2. The highest BCUT2D eigenvalue weighted by Gasteiger charge is 2.30. The molecule has 1 aromatic rings. The number of rotatable bonds is 2. The molecule has 2 amide bonds. The third-order valence-corrected chi connectivity index (χ3v) is 3.23. The van der Waals surface area contributed by atoms with Crippen LogP contribution in [-0.4, -0.2) is 42.9 Å². The van der Waals surface area contributed by atoms with Crippen LogP contribution in [0, 0.1) is 11.8 Å².